The van der Waals surface area contributed by atoms with Crippen molar-refractivity contribution in [2.45, 2.75) is 57.4 Å². The molecular weight excluding hydrogens is 332 g/mol. The van der Waals surface area contributed by atoms with E-state index in [1.54, 1.807) is 35.1 Å². The zero-order valence-electron chi connectivity index (χ0n) is 15.3. The Kier molecular flexibility index (Phi) is 5.88. The number of hydrogen-bond acceptors (Lipinski definition) is 5. The summed E-state index contributed by atoms with van der Waals surface area (Å²) in [5.41, 5.74) is 0.934. The van der Waals surface area contributed by atoms with Gasteiger partial charge in [0.2, 0.25) is 5.91 Å². The maximum Gasteiger partial charge on any atom is 0.224 e. The highest BCUT2D eigenvalue weighted by molar-refractivity contribution is 5.76. The molecule has 2 heterocycles. The number of hydrogen-bond donors (Lipinski definition) is 1. The number of aryl methyl sites for hydroxylation is 2. The molecule has 26 heavy (non-hydrogen) atoms. The summed E-state index contributed by atoms with van der Waals surface area (Å²) in [6.45, 7) is 2.46. The number of aromatic nitrogens is 3. The highest BCUT2D eigenvalue weighted by Gasteiger charge is 2.37. The second-order valence-corrected chi connectivity index (χ2v) is 6.81. The maximum absolute atomic E-state index is 12.6. The second-order valence-electron chi connectivity index (χ2n) is 6.81. The molecule has 1 aliphatic rings. The number of aliphatic hydroxyl groups is 1. The highest BCUT2D eigenvalue weighted by Crippen LogP contribution is 2.27. The molecule has 0 unspecified atom stereocenters. The van der Waals surface area contributed by atoms with Crippen LogP contribution in [0.3, 0.4) is 0 Å². The number of rotatable bonds is 6. The fraction of sp³-hybridized carbons (Fsp3) is 0.526. The van der Waals surface area contributed by atoms with Crippen molar-refractivity contribution in [1.29, 1.82) is 0 Å². The molecular formula is C19H26N4O3. The Labute approximate surface area is 153 Å². The molecule has 7 nitrogen and oxygen atoms in total. The van der Waals surface area contributed by atoms with Crippen molar-refractivity contribution in [3.05, 3.63) is 42.5 Å². The topological polar surface area (TPSA) is 80.5 Å². The van der Waals surface area contributed by atoms with Gasteiger partial charge in [0.25, 0.3) is 0 Å². The molecule has 7 heteroatoms. The molecule has 0 saturated heterocycles. The van der Waals surface area contributed by atoms with Gasteiger partial charge in [-0.25, -0.2) is 0 Å². The third-order valence-electron chi connectivity index (χ3n) is 4.91. The van der Waals surface area contributed by atoms with Crippen molar-refractivity contribution in [3.8, 4) is 5.75 Å². The van der Waals surface area contributed by atoms with E-state index in [0.29, 0.717) is 18.7 Å². The number of pyridine rings is 1. The molecule has 1 amide bonds. The molecule has 3 rings (SSSR count). The van der Waals surface area contributed by atoms with Crippen LogP contribution in [0.1, 0.15) is 31.4 Å². The Morgan fingerprint density at radius 1 is 1.42 bits per heavy atom. The number of aliphatic hydroxyl groups excluding tert-OH is 1. The van der Waals surface area contributed by atoms with Crippen LogP contribution in [0.2, 0.25) is 0 Å². The summed E-state index contributed by atoms with van der Waals surface area (Å²) in [6.07, 6.45) is 6.94. The van der Waals surface area contributed by atoms with Gasteiger partial charge in [0, 0.05) is 32.4 Å². The zero-order valence-corrected chi connectivity index (χ0v) is 15.3. The van der Waals surface area contributed by atoms with Crippen molar-refractivity contribution < 1.29 is 14.6 Å². The van der Waals surface area contributed by atoms with Crippen molar-refractivity contribution in [3.63, 3.8) is 0 Å². The van der Waals surface area contributed by atoms with E-state index >= 15 is 0 Å². The van der Waals surface area contributed by atoms with Crippen LogP contribution in [0.4, 0.5) is 0 Å². The summed E-state index contributed by atoms with van der Waals surface area (Å²) in [6, 6.07) is 5.30. The number of carbonyl (C=O) groups is 1. The summed E-state index contributed by atoms with van der Waals surface area (Å²) in [5, 5.41) is 15.0. The molecule has 2 aromatic heterocycles. The quantitative estimate of drug-likeness (QED) is 0.852. The summed E-state index contributed by atoms with van der Waals surface area (Å²) >= 11 is 0. The molecule has 0 aliphatic heterocycles. The first-order valence-corrected chi connectivity index (χ1v) is 9.05. The number of carbonyl (C=O) groups excluding carboxylic acids is 1. The van der Waals surface area contributed by atoms with E-state index in [9.17, 15) is 9.90 Å². The first kappa shape index (κ1) is 18.4. The van der Waals surface area contributed by atoms with Crippen LogP contribution in [-0.2, 0) is 11.3 Å². The van der Waals surface area contributed by atoms with E-state index in [1.807, 2.05) is 25.3 Å². The number of nitrogens with zero attached hydrogens (tertiary/aromatic N) is 4. The SMILES string of the molecule is Cc1ccn(CCC(=O)N(C)[C@@H]2CCC[C@@H](Oc3cccnc3)[C@@H]2O)n1. The van der Waals surface area contributed by atoms with E-state index in [4.69, 9.17) is 4.74 Å². The Balaban J connectivity index is 1.57. The molecule has 1 N–H and O–H groups in total. The summed E-state index contributed by atoms with van der Waals surface area (Å²) in [7, 11) is 1.76. The molecule has 3 atom stereocenters. The first-order valence-electron chi connectivity index (χ1n) is 9.05. The first-order chi connectivity index (χ1) is 12.5. The highest BCUT2D eigenvalue weighted by atomic mass is 16.5. The average molecular weight is 358 g/mol. The number of likely N-dealkylation sites (N-methyl/N-ethyl adjacent to an activating group) is 1. The van der Waals surface area contributed by atoms with E-state index < -0.39 is 6.10 Å². The van der Waals surface area contributed by atoms with Crippen molar-refractivity contribution in [1.82, 2.24) is 19.7 Å². The van der Waals surface area contributed by atoms with Crippen LogP contribution >= 0.6 is 0 Å². The van der Waals surface area contributed by atoms with Gasteiger partial charge >= 0.3 is 0 Å². The zero-order chi connectivity index (χ0) is 18.5. The van der Waals surface area contributed by atoms with E-state index in [-0.39, 0.29) is 18.1 Å². The lowest BCUT2D eigenvalue weighted by molar-refractivity contribution is -0.138. The van der Waals surface area contributed by atoms with E-state index in [1.165, 1.54) is 0 Å². The third-order valence-corrected chi connectivity index (χ3v) is 4.91. The van der Waals surface area contributed by atoms with Crippen molar-refractivity contribution >= 4 is 5.91 Å². The molecule has 0 aromatic carbocycles. The fourth-order valence-corrected chi connectivity index (χ4v) is 3.42. The normalized spacial score (nSPS) is 22.8. The second kappa shape index (κ2) is 8.31. The Bertz CT molecular complexity index is 719. The Morgan fingerprint density at radius 3 is 2.96 bits per heavy atom. The van der Waals surface area contributed by atoms with Gasteiger partial charge in [0.1, 0.15) is 18.0 Å². The monoisotopic (exact) mass is 358 g/mol. The third kappa shape index (κ3) is 4.40. The van der Waals surface area contributed by atoms with Crippen LogP contribution in [0.5, 0.6) is 5.75 Å². The van der Waals surface area contributed by atoms with Gasteiger partial charge in [-0.05, 0) is 44.4 Å². The molecule has 1 aliphatic carbocycles. The lowest BCUT2D eigenvalue weighted by Crippen LogP contribution is -2.53. The van der Waals surface area contributed by atoms with Crippen LogP contribution < -0.4 is 4.74 Å². The van der Waals surface area contributed by atoms with Gasteiger partial charge < -0.3 is 14.7 Å². The minimum atomic E-state index is -0.718. The molecule has 1 saturated carbocycles. The van der Waals surface area contributed by atoms with Gasteiger partial charge in [0.05, 0.1) is 17.9 Å². The molecule has 140 valence electrons. The Hall–Kier alpha value is -2.41. The largest absolute Gasteiger partial charge is 0.486 e. The molecule has 0 bridgehead atoms. The van der Waals surface area contributed by atoms with Crippen molar-refractivity contribution in [2.75, 3.05) is 7.05 Å². The van der Waals surface area contributed by atoms with E-state index in [2.05, 4.69) is 10.1 Å². The number of ether oxygens (including phenoxy) is 1. The summed E-state index contributed by atoms with van der Waals surface area (Å²) in [5.74, 6) is 0.643. The van der Waals surface area contributed by atoms with Gasteiger partial charge in [-0.3, -0.25) is 14.5 Å². The smallest absolute Gasteiger partial charge is 0.224 e. The average Bonchev–Trinajstić information content (AvgIpc) is 3.07. The summed E-state index contributed by atoms with van der Waals surface area (Å²) in [4.78, 5) is 18.3. The maximum atomic E-state index is 12.6. The van der Waals surface area contributed by atoms with Crippen LogP contribution in [0.25, 0.3) is 0 Å². The fourth-order valence-electron chi connectivity index (χ4n) is 3.42. The van der Waals surface area contributed by atoms with Crippen molar-refractivity contribution in [2.24, 2.45) is 0 Å². The minimum absolute atomic E-state index is 0.00392. The molecule has 1 fully saturated rings. The summed E-state index contributed by atoms with van der Waals surface area (Å²) < 4.78 is 7.67. The predicted octanol–water partition coefficient (Wildman–Crippen LogP) is 1.80. The van der Waals surface area contributed by atoms with Crippen LogP contribution in [0, 0.1) is 6.92 Å². The molecule has 2 aromatic rings. The number of amides is 1. The van der Waals surface area contributed by atoms with Gasteiger partial charge in [-0.1, -0.05) is 0 Å². The van der Waals surface area contributed by atoms with E-state index in [0.717, 1.165) is 25.0 Å². The Morgan fingerprint density at radius 2 is 2.27 bits per heavy atom. The van der Waals surface area contributed by atoms with Crippen LogP contribution in [-0.4, -0.2) is 56.0 Å². The standard InChI is InChI=1S/C19H26N4O3/c1-14-8-11-23(21-14)12-9-18(24)22(2)16-6-3-7-17(19(16)25)26-15-5-4-10-20-13-15/h4-5,8,10-11,13,16-17,19,25H,3,6-7,9,12H2,1-2H3/t16-,17-,19-/m1/s1. The van der Waals surface area contributed by atoms with Gasteiger partial charge in [-0.2, -0.15) is 5.10 Å². The lowest BCUT2D eigenvalue weighted by atomic mass is 9.88. The minimum Gasteiger partial charge on any atom is -0.486 e. The lowest BCUT2D eigenvalue weighted by Gasteiger charge is -2.39. The molecule has 0 radical (unpaired) electrons. The van der Waals surface area contributed by atoms with Crippen LogP contribution in [0.15, 0.2) is 36.8 Å². The van der Waals surface area contributed by atoms with Gasteiger partial charge in [-0.15, -0.1) is 0 Å². The molecule has 0 spiro atoms. The van der Waals surface area contributed by atoms with Gasteiger partial charge in [0.15, 0.2) is 0 Å². The predicted molar refractivity (Wildman–Crippen MR) is 96.6 cm³/mol.